The number of rotatable bonds is 14. The number of aliphatic hydroxyl groups is 2. The summed E-state index contributed by atoms with van der Waals surface area (Å²) < 4.78 is 0. The molecule has 13 nitrogen and oxygen atoms in total. The fraction of sp³-hybridized carbons (Fsp3) is 0.500. The number of aliphatic carboxylic acids is 1. The Hall–Kier alpha value is -5.18. The topological polar surface area (TPSA) is 157 Å². The highest BCUT2D eigenvalue weighted by Gasteiger charge is 2.55. The van der Waals surface area contributed by atoms with Crippen LogP contribution in [0.5, 0.6) is 0 Å². The highest BCUT2D eigenvalue weighted by atomic mass is 35.5. The van der Waals surface area contributed by atoms with Gasteiger partial charge in [0.15, 0.2) is 11.2 Å². The number of hydrogen-bond acceptors (Lipinski definition) is 9. The smallest absolute Gasteiger partial charge is 0.340 e. The second kappa shape index (κ2) is 23.1. The third kappa shape index (κ3) is 13.1. The van der Waals surface area contributed by atoms with Gasteiger partial charge in [-0.3, -0.25) is 14.4 Å². The van der Waals surface area contributed by atoms with Gasteiger partial charge in [-0.25, -0.2) is 4.79 Å². The van der Waals surface area contributed by atoms with Crippen molar-refractivity contribution in [2.24, 2.45) is 22.7 Å². The van der Waals surface area contributed by atoms with E-state index >= 15 is 0 Å². The van der Waals surface area contributed by atoms with Gasteiger partial charge < -0.3 is 45.1 Å². The molecule has 4 aliphatic rings. The highest BCUT2D eigenvalue weighted by Crippen LogP contribution is 2.62. The summed E-state index contributed by atoms with van der Waals surface area (Å²) in [6.45, 7) is 8.72. The molecule has 4 N–H and O–H groups in total. The van der Waals surface area contributed by atoms with E-state index in [0.717, 1.165) is 69.3 Å². The third-order valence-corrected chi connectivity index (χ3v) is 16.2. The van der Waals surface area contributed by atoms with Crippen LogP contribution in [0.2, 0.25) is 10.0 Å². The lowest BCUT2D eigenvalue weighted by Crippen LogP contribution is -2.43. The minimum Gasteiger partial charge on any atom is -0.479 e. The summed E-state index contributed by atoms with van der Waals surface area (Å²) in [5, 5.41) is 33.3. The Bertz CT molecular complexity index is 2470. The van der Waals surface area contributed by atoms with Gasteiger partial charge in [-0.15, -0.1) is 0 Å². The molecule has 0 bridgehead atoms. The number of nitrogens with zero attached hydrogens (tertiary/aromatic N) is 5. The van der Waals surface area contributed by atoms with Gasteiger partial charge in [0.1, 0.15) is 0 Å². The monoisotopic (exact) mass is 1010 g/mol. The van der Waals surface area contributed by atoms with E-state index in [-0.39, 0.29) is 17.7 Å². The van der Waals surface area contributed by atoms with Gasteiger partial charge in [-0.2, -0.15) is 0 Å². The van der Waals surface area contributed by atoms with Crippen molar-refractivity contribution in [1.82, 2.24) is 20.0 Å². The van der Waals surface area contributed by atoms with Crippen molar-refractivity contribution < 1.29 is 34.5 Å². The first kappa shape index (κ1) is 55.1. The average Bonchev–Trinajstić information content (AvgIpc) is 4.25. The van der Waals surface area contributed by atoms with E-state index < -0.39 is 17.2 Å². The molecule has 2 saturated heterocycles. The fourth-order valence-electron chi connectivity index (χ4n) is 10.5. The SMILES string of the molecule is CN(C)C(=O)c1ccc(N2CCC3(CC2)CC3CCN(C)C(=O)[C@@](C)(O)c2ccccc2)cc1Cl.CNCCC1CC12CCN(c1ccc(C(=O)N(C)C)c(Cl)c1)CC2.C[C@@](O)(C(=O)O)c1ccccc1. The van der Waals surface area contributed by atoms with Crippen LogP contribution in [0.25, 0.3) is 0 Å². The number of carboxylic acids is 1. The lowest BCUT2D eigenvalue weighted by atomic mass is 9.89. The molecule has 71 heavy (non-hydrogen) atoms. The molecule has 4 fully saturated rings. The van der Waals surface area contributed by atoms with Gasteiger partial charge >= 0.3 is 5.97 Å². The zero-order valence-corrected chi connectivity index (χ0v) is 44.3. The number of halogens is 2. The number of carbonyl (C=O) groups excluding carboxylic acids is 3. The maximum atomic E-state index is 12.9. The molecule has 15 heteroatoms. The number of likely N-dealkylation sites (N-methyl/N-ethyl adjacent to an activating group) is 1. The lowest BCUT2D eigenvalue weighted by molar-refractivity contribution is -0.157. The van der Waals surface area contributed by atoms with Crippen LogP contribution >= 0.6 is 23.2 Å². The van der Waals surface area contributed by atoms with Crippen molar-refractivity contribution in [2.75, 3.05) is 91.4 Å². The van der Waals surface area contributed by atoms with Crippen LogP contribution in [-0.4, -0.2) is 135 Å². The molecule has 4 aromatic rings. The van der Waals surface area contributed by atoms with Crippen molar-refractivity contribution in [3.05, 3.63) is 129 Å². The predicted octanol–water partition coefficient (Wildman–Crippen LogP) is 8.64. The molecule has 8 rings (SSSR count). The molecule has 2 saturated carbocycles. The van der Waals surface area contributed by atoms with Crippen molar-refractivity contribution in [1.29, 1.82) is 0 Å². The number of carbonyl (C=O) groups is 4. The van der Waals surface area contributed by atoms with Crippen molar-refractivity contribution in [2.45, 2.75) is 76.4 Å². The van der Waals surface area contributed by atoms with E-state index in [0.29, 0.717) is 55.6 Å². The van der Waals surface area contributed by atoms with Crippen LogP contribution in [-0.2, 0) is 20.8 Å². The van der Waals surface area contributed by atoms with Gasteiger partial charge in [0, 0.05) is 79.3 Å². The Labute approximate surface area is 430 Å². The van der Waals surface area contributed by atoms with Crippen molar-refractivity contribution in [3.63, 3.8) is 0 Å². The molecule has 3 amide bonds. The summed E-state index contributed by atoms with van der Waals surface area (Å²) in [4.78, 5) is 57.4. The van der Waals surface area contributed by atoms with E-state index in [4.69, 9.17) is 28.3 Å². The predicted molar refractivity (Wildman–Crippen MR) is 283 cm³/mol. The minimum atomic E-state index is -1.79. The number of carboxylic acid groups (broad SMARTS) is 1. The van der Waals surface area contributed by atoms with E-state index in [1.807, 2.05) is 61.6 Å². The number of hydrogen-bond donors (Lipinski definition) is 4. The van der Waals surface area contributed by atoms with Crippen LogP contribution in [0.1, 0.15) is 97.1 Å². The average molecular weight is 1010 g/mol. The molecule has 2 unspecified atom stereocenters. The molecular formula is C56H74Cl2N6O7. The van der Waals surface area contributed by atoms with E-state index in [1.54, 1.807) is 94.4 Å². The van der Waals surface area contributed by atoms with Gasteiger partial charge in [0.05, 0.1) is 21.2 Å². The van der Waals surface area contributed by atoms with Gasteiger partial charge in [0.25, 0.3) is 17.7 Å². The van der Waals surface area contributed by atoms with E-state index in [9.17, 15) is 29.4 Å². The highest BCUT2D eigenvalue weighted by molar-refractivity contribution is 6.34. The first-order valence-electron chi connectivity index (χ1n) is 24.8. The van der Waals surface area contributed by atoms with Crippen LogP contribution in [0.15, 0.2) is 97.1 Å². The quantitative estimate of drug-likeness (QED) is 0.0965. The molecule has 4 atom stereocenters. The number of nitrogens with one attached hydrogen (secondary N) is 1. The Morgan fingerprint density at radius 2 is 1.03 bits per heavy atom. The summed E-state index contributed by atoms with van der Waals surface area (Å²) in [5.41, 5.74) is 1.98. The number of amides is 3. The molecule has 0 aromatic heterocycles. The zero-order valence-electron chi connectivity index (χ0n) is 42.8. The van der Waals surface area contributed by atoms with Crippen LogP contribution in [0.4, 0.5) is 11.4 Å². The zero-order chi connectivity index (χ0) is 51.9. The van der Waals surface area contributed by atoms with E-state index in [1.165, 1.54) is 43.9 Å². The molecule has 2 aliphatic carbocycles. The van der Waals surface area contributed by atoms with Crippen molar-refractivity contribution in [3.8, 4) is 0 Å². The summed E-state index contributed by atoms with van der Waals surface area (Å²) in [6, 6.07) is 29.0. The summed E-state index contributed by atoms with van der Waals surface area (Å²) in [5.74, 6) is -0.112. The largest absolute Gasteiger partial charge is 0.479 e. The van der Waals surface area contributed by atoms with Gasteiger partial charge in [-0.05, 0) is 149 Å². The Morgan fingerprint density at radius 3 is 1.39 bits per heavy atom. The van der Waals surface area contributed by atoms with Gasteiger partial charge in [-0.1, -0.05) is 83.9 Å². The maximum Gasteiger partial charge on any atom is 0.340 e. The van der Waals surface area contributed by atoms with E-state index in [2.05, 4.69) is 15.1 Å². The fourth-order valence-corrected chi connectivity index (χ4v) is 11.0. The van der Waals surface area contributed by atoms with Crippen LogP contribution in [0, 0.1) is 22.7 Å². The molecular weight excluding hydrogens is 940 g/mol. The maximum absolute atomic E-state index is 12.9. The molecule has 2 spiro atoms. The normalized spacial score (nSPS) is 19.9. The third-order valence-electron chi connectivity index (χ3n) is 15.6. The molecule has 0 radical (unpaired) electrons. The van der Waals surface area contributed by atoms with Crippen LogP contribution < -0.4 is 15.1 Å². The summed E-state index contributed by atoms with van der Waals surface area (Å²) in [7, 11) is 10.8. The summed E-state index contributed by atoms with van der Waals surface area (Å²) >= 11 is 12.8. The standard InChI is InChI=1S/C28H36ClN3O3.C19H28ClN3O.C9H10O3/c1-27(35,20-8-6-5-7-9-20)26(34)31(4)15-12-21-19-28(21)13-16-32(17-14-28)22-10-11-23(24(29)18-22)25(33)30(2)3;1-21-9-6-14-13-19(14)7-10-23(11-8-19)15-4-5-16(17(20)12-15)18(24)22(2)3;1-9(12,8(10)11)7-5-3-2-4-6-7/h5-11,18,21,35H,12-17,19H2,1-4H3;4-5,12,14,21H,6-11,13H2,1-3H3;2-6,12H,1H3,(H,10,11)/t21?,27-;;9-/m0.0/s1. The second-order valence-corrected chi connectivity index (χ2v) is 21.6. The molecule has 2 aliphatic heterocycles. The minimum absolute atomic E-state index is 0.0468. The molecule has 384 valence electrons. The van der Waals surface area contributed by atoms with Crippen LogP contribution in [0.3, 0.4) is 0 Å². The Morgan fingerprint density at radius 1 is 0.634 bits per heavy atom. The van der Waals surface area contributed by atoms with Gasteiger partial charge in [0.2, 0.25) is 0 Å². The Balaban J connectivity index is 0.000000197. The molecule has 4 aromatic carbocycles. The molecule has 2 heterocycles. The number of benzene rings is 4. The number of piperidine rings is 2. The summed E-state index contributed by atoms with van der Waals surface area (Å²) in [6.07, 6.45) is 9.66. The first-order chi connectivity index (χ1) is 33.6. The first-order valence-corrected chi connectivity index (χ1v) is 25.5. The second-order valence-electron chi connectivity index (χ2n) is 20.8. The Kier molecular flexibility index (Phi) is 18.0. The van der Waals surface area contributed by atoms with Crippen molar-refractivity contribution >= 4 is 58.3 Å². The number of anilines is 2. The lowest BCUT2D eigenvalue weighted by Gasteiger charge is -2.35.